The van der Waals surface area contributed by atoms with E-state index in [2.05, 4.69) is 15.6 Å². The second-order valence-electron chi connectivity index (χ2n) is 5.40. The molecule has 0 aromatic carbocycles. The monoisotopic (exact) mass is 264 g/mol. The average Bonchev–Trinajstić information content (AvgIpc) is 2.27. The summed E-state index contributed by atoms with van der Waals surface area (Å²) in [6.07, 6.45) is 1.47. The van der Waals surface area contributed by atoms with Gasteiger partial charge in [-0.15, -0.1) is 0 Å². The lowest BCUT2D eigenvalue weighted by molar-refractivity contribution is -0.122. The summed E-state index contributed by atoms with van der Waals surface area (Å²) in [5, 5.41) is 5.87. The maximum absolute atomic E-state index is 11.9. The van der Waals surface area contributed by atoms with Gasteiger partial charge in [0.1, 0.15) is 11.7 Å². The molecule has 1 aromatic heterocycles. The number of nitrogens with two attached hydrogens (primary N) is 1. The van der Waals surface area contributed by atoms with Crippen LogP contribution in [0.1, 0.15) is 38.2 Å². The molecular formula is C13H20N4O2. The van der Waals surface area contributed by atoms with Crippen molar-refractivity contribution in [2.75, 3.05) is 5.32 Å². The molecule has 0 fully saturated rings. The van der Waals surface area contributed by atoms with Crippen LogP contribution in [0.2, 0.25) is 0 Å². The number of nitrogens with zero attached hydrogens (tertiary/aromatic N) is 1. The van der Waals surface area contributed by atoms with Crippen LogP contribution in [-0.4, -0.2) is 28.4 Å². The Bertz CT molecular complexity index is 480. The van der Waals surface area contributed by atoms with Crippen LogP contribution < -0.4 is 16.4 Å². The lowest BCUT2D eigenvalue weighted by atomic mass is 10.1. The van der Waals surface area contributed by atoms with Crippen molar-refractivity contribution in [2.24, 2.45) is 5.73 Å². The molecule has 2 amide bonds. The van der Waals surface area contributed by atoms with Crippen LogP contribution in [0.3, 0.4) is 0 Å². The Morgan fingerprint density at radius 2 is 2.00 bits per heavy atom. The zero-order valence-electron chi connectivity index (χ0n) is 11.7. The summed E-state index contributed by atoms with van der Waals surface area (Å²) in [4.78, 5) is 26.7. The van der Waals surface area contributed by atoms with Gasteiger partial charge in [-0.2, -0.15) is 0 Å². The zero-order chi connectivity index (χ0) is 14.6. The van der Waals surface area contributed by atoms with Gasteiger partial charge in [0.15, 0.2) is 0 Å². The second kappa shape index (κ2) is 5.69. The number of pyridine rings is 1. The van der Waals surface area contributed by atoms with Gasteiger partial charge in [0.05, 0.1) is 0 Å². The standard InChI is InChI=1S/C13H20N4O2/c1-8(12(19)17-13(2,3)4)16-9-5-6-15-10(7-9)11(14)18/h5-8H,1-4H3,(H2,14,18)(H,15,16)(H,17,19). The summed E-state index contributed by atoms with van der Waals surface area (Å²) in [7, 11) is 0. The summed E-state index contributed by atoms with van der Waals surface area (Å²) in [5.74, 6) is -0.722. The number of rotatable bonds is 4. The van der Waals surface area contributed by atoms with E-state index < -0.39 is 11.9 Å². The molecular weight excluding hydrogens is 244 g/mol. The molecule has 0 aliphatic heterocycles. The molecule has 0 aliphatic rings. The minimum atomic E-state index is -0.601. The highest BCUT2D eigenvalue weighted by Crippen LogP contribution is 2.10. The van der Waals surface area contributed by atoms with Gasteiger partial charge in [-0.3, -0.25) is 14.6 Å². The molecule has 1 rings (SSSR count). The molecule has 0 radical (unpaired) electrons. The van der Waals surface area contributed by atoms with Gasteiger partial charge in [-0.1, -0.05) is 0 Å². The first kappa shape index (κ1) is 14.9. The Kier molecular flexibility index (Phi) is 4.47. The molecule has 0 saturated heterocycles. The largest absolute Gasteiger partial charge is 0.374 e. The first-order valence-corrected chi connectivity index (χ1v) is 6.03. The van der Waals surface area contributed by atoms with E-state index in [4.69, 9.17) is 5.73 Å². The SMILES string of the molecule is CC(Nc1ccnc(C(N)=O)c1)C(=O)NC(C)(C)C. The van der Waals surface area contributed by atoms with Crippen LogP contribution in [-0.2, 0) is 4.79 Å². The van der Waals surface area contributed by atoms with Crippen molar-refractivity contribution >= 4 is 17.5 Å². The summed E-state index contributed by atoms with van der Waals surface area (Å²) in [5.41, 5.74) is 5.65. The maximum Gasteiger partial charge on any atom is 0.267 e. The van der Waals surface area contributed by atoms with Crippen LogP contribution >= 0.6 is 0 Å². The minimum absolute atomic E-state index is 0.120. The molecule has 104 valence electrons. The van der Waals surface area contributed by atoms with Gasteiger partial charge in [0.25, 0.3) is 5.91 Å². The summed E-state index contributed by atoms with van der Waals surface area (Å²) < 4.78 is 0. The van der Waals surface area contributed by atoms with Crippen molar-refractivity contribution in [1.29, 1.82) is 0 Å². The molecule has 6 nitrogen and oxygen atoms in total. The van der Waals surface area contributed by atoms with E-state index in [0.717, 1.165) is 0 Å². The number of primary amides is 1. The Hall–Kier alpha value is -2.11. The number of hydrogen-bond donors (Lipinski definition) is 3. The number of carbonyl (C=O) groups excluding carboxylic acids is 2. The van der Waals surface area contributed by atoms with Crippen molar-refractivity contribution in [2.45, 2.75) is 39.3 Å². The normalized spacial score (nSPS) is 12.6. The van der Waals surface area contributed by atoms with Crippen molar-refractivity contribution in [3.63, 3.8) is 0 Å². The molecule has 0 spiro atoms. The fraction of sp³-hybridized carbons (Fsp3) is 0.462. The van der Waals surface area contributed by atoms with Gasteiger partial charge in [0.2, 0.25) is 5.91 Å². The highest BCUT2D eigenvalue weighted by atomic mass is 16.2. The third-order valence-electron chi connectivity index (χ3n) is 2.29. The van der Waals surface area contributed by atoms with Crippen molar-refractivity contribution in [3.8, 4) is 0 Å². The second-order valence-corrected chi connectivity index (χ2v) is 5.40. The summed E-state index contributed by atoms with van der Waals surface area (Å²) >= 11 is 0. The lowest BCUT2D eigenvalue weighted by Crippen LogP contribution is -2.47. The fourth-order valence-corrected chi connectivity index (χ4v) is 1.45. The molecule has 1 unspecified atom stereocenters. The molecule has 4 N–H and O–H groups in total. The predicted molar refractivity (Wildman–Crippen MR) is 73.7 cm³/mol. The van der Waals surface area contributed by atoms with Crippen LogP contribution in [0.25, 0.3) is 0 Å². The number of anilines is 1. The van der Waals surface area contributed by atoms with Gasteiger partial charge < -0.3 is 16.4 Å². The summed E-state index contributed by atoms with van der Waals surface area (Å²) in [6.45, 7) is 7.48. The van der Waals surface area contributed by atoms with Gasteiger partial charge >= 0.3 is 0 Å². The van der Waals surface area contributed by atoms with Crippen molar-refractivity contribution in [1.82, 2.24) is 10.3 Å². The van der Waals surface area contributed by atoms with Crippen molar-refractivity contribution in [3.05, 3.63) is 24.0 Å². The Morgan fingerprint density at radius 1 is 1.37 bits per heavy atom. The van der Waals surface area contributed by atoms with E-state index in [-0.39, 0.29) is 17.1 Å². The van der Waals surface area contributed by atoms with Crippen LogP contribution in [0, 0.1) is 0 Å². The summed E-state index contributed by atoms with van der Waals surface area (Å²) in [6, 6.07) is 2.76. The number of amides is 2. The number of nitrogens with one attached hydrogen (secondary N) is 2. The molecule has 1 heterocycles. The van der Waals surface area contributed by atoms with Crippen LogP contribution in [0.5, 0.6) is 0 Å². The Morgan fingerprint density at radius 3 is 2.53 bits per heavy atom. The molecule has 0 bridgehead atoms. The first-order chi connectivity index (χ1) is 8.69. The van der Waals surface area contributed by atoms with E-state index in [1.165, 1.54) is 12.3 Å². The molecule has 6 heteroatoms. The lowest BCUT2D eigenvalue weighted by Gasteiger charge is -2.24. The highest BCUT2D eigenvalue weighted by Gasteiger charge is 2.19. The Labute approximate surface area is 112 Å². The van der Waals surface area contributed by atoms with Gasteiger partial charge in [-0.25, -0.2) is 0 Å². The molecule has 1 aromatic rings. The number of aromatic nitrogens is 1. The van der Waals surface area contributed by atoms with E-state index >= 15 is 0 Å². The smallest absolute Gasteiger partial charge is 0.267 e. The van der Waals surface area contributed by atoms with Gasteiger partial charge in [-0.05, 0) is 39.8 Å². The van der Waals surface area contributed by atoms with E-state index in [1.54, 1.807) is 13.0 Å². The third-order valence-corrected chi connectivity index (χ3v) is 2.29. The zero-order valence-corrected chi connectivity index (χ0v) is 11.7. The third kappa shape index (κ3) is 4.95. The molecule has 1 atom stereocenters. The molecule has 19 heavy (non-hydrogen) atoms. The topological polar surface area (TPSA) is 97.1 Å². The minimum Gasteiger partial charge on any atom is -0.374 e. The molecule has 0 aliphatic carbocycles. The quantitative estimate of drug-likeness (QED) is 0.752. The first-order valence-electron chi connectivity index (χ1n) is 6.03. The van der Waals surface area contributed by atoms with E-state index in [9.17, 15) is 9.59 Å². The maximum atomic E-state index is 11.9. The predicted octanol–water partition coefficient (Wildman–Crippen LogP) is 0.896. The molecule has 0 saturated carbocycles. The highest BCUT2D eigenvalue weighted by molar-refractivity contribution is 5.92. The fourth-order valence-electron chi connectivity index (χ4n) is 1.45. The number of carbonyl (C=O) groups is 2. The number of hydrogen-bond acceptors (Lipinski definition) is 4. The van der Waals surface area contributed by atoms with Crippen molar-refractivity contribution < 1.29 is 9.59 Å². The Balaban J connectivity index is 2.71. The van der Waals surface area contributed by atoms with Crippen LogP contribution in [0.4, 0.5) is 5.69 Å². The van der Waals surface area contributed by atoms with Crippen LogP contribution in [0.15, 0.2) is 18.3 Å². The van der Waals surface area contributed by atoms with E-state index in [1.807, 2.05) is 20.8 Å². The average molecular weight is 264 g/mol. The van der Waals surface area contributed by atoms with Gasteiger partial charge in [0, 0.05) is 17.4 Å². The van der Waals surface area contributed by atoms with E-state index in [0.29, 0.717) is 5.69 Å².